The van der Waals surface area contributed by atoms with Crippen LogP contribution in [0.1, 0.15) is 17.5 Å². The monoisotopic (exact) mass is 319 g/mol. The lowest BCUT2D eigenvalue weighted by molar-refractivity contribution is -0.123. The van der Waals surface area contributed by atoms with E-state index >= 15 is 0 Å². The number of amides is 1. The number of fused-ring (bicyclic) bond motifs is 1. The van der Waals surface area contributed by atoms with E-state index in [1.165, 1.54) is 11.3 Å². The van der Waals surface area contributed by atoms with Crippen molar-refractivity contribution < 1.29 is 14.3 Å². The Hall–Kier alpha value is -0.730. The molecule has 2 aliphatic heterocycles. The van der Waals surface area contributed by atoms with Crippen LogP contribution in [0.4, 0.5) is 5.13 Å². The lowest BCUT2D eigenvalue weighted by Gasteiger charge is -2.28. The Labute approximate surface area is 127 Å². The molecular weight excluding hydrogens is 302 g/mol. The largest absolute Gasteiger partial charge is 0.375 e. The Morgan fingerprint density at radius 2 is 2.35 bits per heavy atom. The standard InChI is InChI=1S/C12H17N3O3S.ClH/c1-7-10(13-3-5-18-7)11(16)15-12-14-8-2-4-17-6-9(8)19-12;/h7,10,13H,2-6H2,1H3,(H,14,15,16);1H/t7-,10+;/m1./s1. The third-order valence-corrected chi connectivity index (χ3v) is 4.31. The molecule has 0 aliphatic carbocycles. The average molecular weight is 320 g/mol. The van der Waals surface area contributed by atoms with E-state index in [2.05, 4.69) is 15.6 Å². The van der Waals surface area contributed by atoms with Gasteiger partial charge in [0.2, 0.25) is 5.91 Å². The summed E-state index contributed by atoms with van der Waals surface area (Å²) in [7, 11) is 0. The smallest absolute Gasteiger partial charge is 0.245 e. The summed E-state index contributed by atoms with van der Waals surface area (Å²) in [6, 6.07) is -0.314. The summed E-state index contributed by atoms with van der Waals surface area (Å²) in [4.78, 5) is 17.7. The van der Waals surface area contributed by atoms with Gasteiger partial charge in [-0.3, -0.25) is 4.79 Å². The summed E-state index contributed by atoms with van der Waals surface area (Å²) in [6.07, 6.45) is 0.703. The molecule has 3 rings (SSSR count). The van der Waals surface area contributed by atoms with Gasteiger partial charge in [0.25, 0.3) is 0 Å². The van der Waals surface area contributed by atoms with Crippen molar-refractivity contribution >= 4 is 34.8 Å². The summed E-state index contributed by atoms with van der Waals surface area (Å²) in [5.41, 5.74) is 1.05. The minimum Gasteiger partial charge on any atom is -0.375 e. The lowest BCUT2D eigenvalue weighted by atomic mass is 10.1. The first-order valence-corrected chi connectivity index (χ1v) is 7.28. The molecule has 20 heavy (non-hydrogen) atoms. The molecule has 0 bridgehead atoms. The predicted molar refractivity (Wildman–Crippen MR) is 78.6 cm³/mol. The molecule has 0 unspecified atom stereocenters. The van der Waals surface area contributed by atoms with E-state index in [4.69, 9.17) is 9.47 Å². The van der Waals surface area contributed by atoms with Crippen LogP contribution in [0, 0.1) is 0 Å². The van der Waals surface area contributed by atoms with Gasteiger partial charge in [0.1, 0.15) is 6.04 Å². The number of nitrogens with zero attached hydrogens (tertiary/aromatic N) is 1. The number of hydrogen-bond acceptors (Lipinski definition) is 6. The first-order valence-electron chi connectivity index (χ1n) is 6.46. The van der Waals surface area contributed by atoms with Gasteiger partial charge in [-0.25, -0.2) is 4.98 Å². The van der Waals surface area contributed by atoms with E-state index in [9.17, 15) is 4.79 Å². The molecule has 1 aromatic heterocycles. The van der Waals surface area contributed by atoms with Crippen LogP contribution in [0.2, 0.25) is 0 Å². The first-order chi connectivity index (χ1) is 9.24. The van der Waals surface area contributed by atoms with Crippen LogP contribution >= 0.6 is 23.7 Å². The van der Waals surface area contributed by atoms with Crippen molar-refractivity contribution in [3.63, 3.8) is 0 Å². The maximum Gasteiger partial charge on any atom is 0.245 e. The number of nitrogens with one attached hydrogen (secondary N) is 2. The average Bonchev–Trinajstić information content (AvgIpc) is 2.81. The van der Waals surface area contributed by atoms with Crippen LogP contribution in [0.15, 0.2) is 0 Å². The highest BCUT2D eigenvalue weighted by molar-refractivity contribution is 7.15. The van der Waals surface area contributed by atoms with E-state index in [1.54, 1.807) is 0 Å². The number of aromatic nitrogens is 1. The molecule has 2 aliphatic rings. The quantitative estimate of drug-likeness (QED) is 0.849. The number of carbonyl (C=O) groups is 1. The van der Waals surface area contributed by atoms with Crippen LogP contribution in [0.25, 0.3) is 0 Å². The minimum atomic E-state index is -0.314. The Morgan fingerprint density at radius 1 is 1.50 bits per heavy atom. The molecule has 1 saturated heterocycles. The van der Waals surface area contributed by atoms with E-state index < -0.39 is 0 Å². The number of morpholine rings is 1. The Morgan fingerprint density at radius 3 is 3.10 bits per heavy atom. The van der Waals surface area contributed by atoms with E-state index in [0.29, 0.717) is 31.5 Å². The van der Waals surface area contributed by atoms with Crippen molar-refractivity contribution in [1.82, 2.24) is 10.3 Å². The van der Waals surface area contributed by atoms with Gasteiger partial charge in [0, 0.05) is 13.0 Å². The molecule has 8 heteroatoms. The van der Waals surface area contributed by atoms with Crippen LogP contribution in [-0.2, 0) is 27.3 Å². The second-order valence-electron chi connectivity index (χ2n) is 4.69. The second kappa shape index (κ2) is 6.82. The number of carbonyl (C=O) groups excluding carboxylic acids is 1. The summed E-state index contributed by atoms with van der Waals surface area (Å²) in [6.45, 7) is 4.55. The number of halogens is 1. The summed E-state index contributed by atoms with van der Waals surface area (Å²) < 4.78 is 10.8. The summed E-state index contributed by atoms with van der Waals surface area (Å²) >= 11 is 1.49. The van der Waals surface area contributed by atoms with Crippen LogP contribution in [0.3, 0.4) is 0 Å². The van der Waals surface area contributed by atoms with Crippen LogP contribution in [-0.4, -0.2) is 42.8 Å². The predicted octanol–water partition coefficient (Wildman–Crippen LogP) is 0.953. The van der Waals surface area contributed by atoms with Gasteiger partial charge >= 0.3 is 0 Å². The molecule has 0 saturated carbocycles. The number of thiazole rings is 1. The molecule has 0 spiro atoms. The van der Waals surface area contributed by atoms with E-state index in [0.717, 1.165) is 17.0 Å². The Kier molecular flexibility index (Phi) is 5.34. The van der Waals surface area contributed by atoms with Crippen molar-refractivity contribution in [1.29, 1.82) is 0 Å². The molecule has 2 atom stereocenters. The van der Waals surface area contributed by atoms with Crippen molar-refractivity contribution in [2.24, 2.45) is 0 Å². The molecule has 112 valence electrons. The topological polar surface area (TPSA) is 72.5 Å². The third kappa shape index (κ3) is 3.29. The number of rotatable bonds is 2. The minimum absolute atomic E-state index is 0. The van der Waals surface area contributed by atoms with Crippen molar-refractivity contribution in [3.05, 3.63) is 10.6 Å². The van der Waals surface area contributed by atoms with Gasteiger partial charge in [-0.15, -0.1) is 12.4 Å². The first kappa shape index (κ1) is 15.7. The molecule has 2 N–H and O–H groups in total. The number of ether oxygens (including phenoxy) is 2. The highest BCUT2D eigenvalue weighted by Gasteiger charge is 2.29. The number of hydrogen-bond donors (Lipinski definition) is 2. The highest BCUT2D eigenvalue weighted by Crippen LogP contribution is 2.27. The Balaban J connectivity index is 0.00000147. The fraction of sp³-hybridized carbons (Fsp3) is 0.667. The van der Waals surface area contributed by atoms with Gasteiger partial charge in [-0.2, -0.15) is 0 Å². The van der Waals surface area contributed by atoms with Crippen molar-refractivity contribution in [2.75, 3.05) is 25.1 Å². The molecular formula is C12H18ClN3O3S. The maximum atomic E-state index is 12.2. The summed E-state index contributed by atoms with van der Waals surface area (Å²) in [5.74, 6) is -0.0841. The molecule has 0 aromatic carbocycles. The highest BCUT2D eigenvalue weighted by atomic mass is 35.5. The van der Waals surface area contributed by atoms with E-state index in [-0.39, 0.29) is 30.5 Å². The molecule has 1 aromatic rings. The zero-order chi connectivity index (χ0) is 13.2. The van der Waals surface area contributed by atoms with Crippen molar-refractivity contribution in [3.8, 4) is 0 Å². The van der Waals surface area contributed by atoms with Crippen molar-refractivity contribution in [2.45, 2.75) is 32.1 Å². The molecule has 6 nitrogen and oxygen atoms in total. The fourth-order valence-corrected chi connectivity index (χ4v) is 3.24. The molecule has 1 amide bonds. The van der Waals surface area contributed by atoms with Crippen LogP contribution in [0.5, 0.6) is 0 Å². The SMILES string of the molecule is C[C@H]1OCCN[C@@H]1C(=O)Nc1nc2c(s1)COCC2.Cl. The van der Waals surface area contributed by atoms with Gasteiger partial charge in [0.05, 0.1) is 36.5 Å². The van der Waals surface area contributed by atoms with Crippen LogP contribution < -0.4 is 10.6 Å². The van der Waals surface area contributed by atoms with Gasteiger partial charge in [0.15, 0.2) is 5.13 Å². The van der Waals surface area contributed by atoms with Gasteiger partial charge in [-0.05, 0) is 6.92 Å². The zero-order valence-corrected chi connectivity index (χ0v) is 12.8. The Bertz CT molecular complexity index is 459. The second-order valence-corrected chi connectivity index (χ2v) is 5.77. The molecule has 0 radical (unpaired) electrons. The van der Waals surface area contributed by atoms with Gasteiger partial charge in [-0.1, -0.05) is 11.3 Å². The lowest BCUT2D eigenvalue weighted by Crippen LogP contribution is -2.53. The third-order valence-electron chi connectivity index (χ3n) is 3.32. The molecule has 3 heterocycles. The fourth-order valence-electron chi connectivity index (χ4n) is 2.29. The maximum absolute atomic E-state index is 12.2. The normalized spacial score (nSPS) is 25.4. The number of anilines is 1. The van der Waals surface area contributed by atoms with E-state index in [1.807, 2.05) is 6.92 Å². The zero-order valence-electron chi connectivity index (χ0n) is 11.2. The summed E-state index contributed by atoms with van der Waals surface area (Å²) in [5, 5.41) is 6.69. The van der Waals surface area contributed by atoms with Gasteiger partial charge < -0.3 is 20.1 Å². The molecule has 1 fully saturated rings.